The average molecular weight is 200 g/mol. The number of ether oxygens (including phenoxy) is 1. The smallest absolute Gasteiger partial charge is 0.117 e. The highest BCUT2D eigenvalue weighted by molar-refractivity contribution is 5.32. The van der Waals surface area contributed by atoms with Crippen LogP contribution in [0, 0.1) is 0 Å². The van der Waals surface area contributed by atoms with Gasteiger partial charge in [0.2, 0.25) is 0 Å². The molecule has 1 fully saturated rings. The molecule has 0 saturated carbocycles. The predicted molar refractivity (Wildman–Crippen MR) is 56.9 cm³/mol. The molecule has 0 radical (unpaired) electrons. The Kier molecular flexibility index (Phi) is 1.70. The van der Waals surface area contributed by atoms with Crippen LogP contribution in [0.3, 0.4) is 0 Å². The van der Waals surface area contributed by atoms with Crippen molar-refractivity contribution >= 4 is 0 Å². The van der Waals surface area contributed by atoms with Crippen LogP contribution in [0.1, 0.15) is 12.5 Å². The quantitative estimate of drug-likeness (QED) is 0.695. The van der Waals surface area contributed by atoms with Gasteiger partial charge in [-0.25, -0.2) is 4.68 Å². The standard InChI is InChI=1S/C12H12N2O/c1-12(9-15-12)10-7-13-14(8-10)11-5-3-2-4-6-11/h2-8H,9H2,1H3. The normalized spacial score (nSPS) is 24.1. The SMILES string of the molecule is CC1(c2cnn(-c3ccccc3)c2)CO1. The number of nitrogens with zero attached hydrogens (tertiary/aromatic N) is 2. The summed E-state index contributed by atoms with van der Waals surface area (Å²) >= 11 is 0. The van der Waals surface area contributed by atoms with Crippen LogP contribution in [0.5, 0.6) is 0 Å². The summed E-state index contributed by atoms with van der Waals surface area (Å²) in [5.74, 6) is 0. The summed E-state index contributed by atoms with van der Waals surface area (Å²) in [6, 6.07) is 10.1. The molecule has 1 aromatic heterocycles. The summed E-state index contributed by atoms with van der Waals surface area (Å²) in [4.78, 5) is 0. The van der Waals surface area contributed by atoms with Crippen molar-refractivity contribution in [2.24, 2.45) is 0 Å². The van der Waals surface area contributed by atoms with Crippen molar-refractivity contribution in [1.29, 1.82) is 0 Å². The van der Waals surface area contributed by atoms with E-state index in [0.717, 1.165) is 17.9 Å². The van der Waals surface area contributed by atoms with Gasteiger partial charge in [0.15, 0.2) is 0 Å². The molecule has 3 rings (SSSR count). The molecule has 15 heavy (non-hydrogen) atoms. The van der Waals surface area contributed by atoms with Crippen LogP contribution in [0.2, 0.25) is 0 Å². The number of rotatable bonds is 2. The van der Waals surface area contributed by atoms with Gasteiger partial charge in [0.25, 0.3) is 0 Å². The molecule has 0 aliphatic carbocycles. The van der Waals surface area contributed by atoms with E-state index in [1.54, 1.807) is 0 Å². The maximum atomic E-state index is 5.38. The van der Waals surface area contributed by atoms with E-state index in [1.807, 2.05) is 47.4 Å². The molecule has 1 unspecified atom stereocenters. The van der Waals surface area contributed by atoms with Crippen LogP contribution in [0.4, 0.5) is 0 Å². The second-order valence-electron chi connectivity index (χ2n) is 4.03. The van der Waals surface area contributed by atoms with Gasteiger partial charge in [0.1, 0.15) is 5.60 Å². The van der Waals surface area contributed by atoms with Gasteiger partial charge < -0.3 is 4.74 Å². The Hall–Kier alpha value is -1.61. The molecule has 0 bridgehead atoms. The van der Waals surface area contributed by atoms with Crippen molar-refractivity contribution < 1.29 is 4.74 Å². The lowest BCUT2D eigenvalue weighted by Crippen LogP contribution is -1.99. The zero-order chi connectivity index (χ0) is 10.3. The monoisotopic (exact) mass is 200 g/mol. The minimum Gasteiger partial charge on any atom is -0.365 e. The van der Waals surface area contributed by atoms with E-state index in [9.17, 15) is 0 Å². The molecule has 2 aromatic rings. The van der Waals surface area contributed by atoms with Gasteiger partial charge in [-0.05, 0) is 19.1 Å². The van der Waals surface area contributed by atoms with Gasteiger partial charge >= 0.3 is 0 Å². The van der Waals surface area contributed by atoms with E-state index in [2.05, 4.69) is 12.0 Å². The maximum absolute atomic E-state index is 5.38. The Balaban J connectivity index is 1.97. The number of benzene rings is 1. The van der Waals surface area contributed by atoms with Gasteiger partial charge in [-0.3, -0.25) is 0 Å². The number of para-hydroxylation sites is 1. The summed E-state index contributed by atoms with van der Waals surface area (Å²) in [5, 5.41) is 4.33. The summed E-state index contributed by atoms with van der Waals surface area (Å²) in [6.07, 6.45) is 3.91. The van der Waals surface area contributed by atoms with E-state index >= 15 is 0 Å². The van der Waals surface area contributed by atoms with Crippen LogP contribution in [-0.4, -0.2) is 16.4 Å². The molecule has 1 saturated heterocycles. The summed E-state index contributed by atoms with van der Waals surface area (Å²) in [6.45, 7) is 2.88. The van der Waals surface area contributed by atoms with Crippen LogP contribution in [0.25, 0.3) is 5.69 Å². The Morgan fingerprint density at radius 2 is 2.07 bits per heavy atom. The summed E-state index contributed by atoms with van der Waals surface area (Å²) < 4.78 is 7.26. The number of hydrogen-bond acceptors (Lipinski definition) is 2. The first kappa shape index (κ1) is 8.68. The van der Waals surface area contributed by atoms with Crippen LogP contribution in [-0.2, 0) is 10.3 Å². The van der Waals surface area contributed by atoms with Crippen LogP contribution < -0.4 is 0 Å². The Bertz CT molecular complexity index is 471. The Morgan fingerprint density at radius 1 is 1.33 bits per heavy atom. The molecule has 1 atom stereocenters. The fourth-order valence-electron chi connectivity index (χ4n) is 1.59. The van der Waals surface area contributed by atoms with Crippen LogP contribution in [0.15, 0.2) is 42.7 Å². The summed E-state index contributed by atoms with van der Waals surface area (Å²) in [5.41, 5.74) is 2.13. The van der Waals surface area contributed by atoms with E-state index in [4.69, 9.17) is 4.74 Å². The fraction of sp³-hybridized carbons (Fsp3) is 0.250. The van der Waals surface area contributed by atoms with E-state index < -0.39 is 0 Å². The van der Waals surface area contributed by atoms with Crippen molar-refractivity contribution in [3.63, 3.8) is 0 Å². The highest BCUT2D eigenvalue weighted by Crippen LogP contribution is 2.37. The number of aromatic nitrogens is 2. The lowest BCUT2D eigenvalue weighted by Gasteiger charge is -2.00. The molecular weight excluding hydrogens is 188 g/mol. The zero-order valence-corrected chi connectivity index (χ0v) is 8.55. The van der Waals surface area contributed by atoms with Crippen molar-refractivity contribution in [1.82, 2.24) is 9.78 Å². The molecule has 0 N–H and O–H groups in total. The minimum absolute atomic E-state index is 0.0902. The highest BCUT2D eigenvalue weighted by Gasteiger charge is 2.42. The molecule has 3 nitrogen and oxygen atoms in total. The predicted octanol–water partition coefficient (Wildman–Crippen LogP) is 2.12. The molecule has 1 aromatic carbocycles. The second kappa shape index (κ2) is 2.94. The lowest BCUT2D eigenvalue weighted by molar-refractivity contribution is 0.329. The van der Waals surface area contributed by atoms with E-state index in [-0.39, 0.29) is 5.60 Å². The average Bonchev–Trinajstić information content (AvgIpc) is 2.85. The van der Waals surface area contributed by atoms with Gasteiger partial charge in [-0.2, -0.15) is 5.10 Å². The Morgan fingerprint density at radius 3 is 2.73 bits per heavy atom. The fourth-order valence-corrected chi connectivity index (χ4v) is 1.59. The van der Waals surface area contributed by atoms with Gasteiger partial charge in [-0.1, -0.05) is 18.2 Å². The Labute approximate surface area is 88.3 Å². The van der Waals surface area contributed by atoms with Gasteiger partial charge in [0.05, 0.1) is 18.5 Å². The molecule has 76 valence electrons. The third-order valence-corrected chi connectivity index (χ3v) is 2.79. The number of hydrogen-bond donors (Lipinski definition) is 0. The lowest BCUT2D eigenvalue weighted by atomic mass is 10.1. The van der Waals surface area contributed by atoms with Crippen molar-refractivity contribution in [2.45, 2.75) is 12.5 Å². The van der Waals surface area contributed by atoms with Gasteiger partial charge in [0, 0.05) is 11.8 Å². The second-order valence-corrected chi connectivity index (χ2v) is 4.03. The first-order chi connectivity index (χ1) is 7.28. The molecule has 2 heterocycles. The van der Waals surface area contributed by atoms with Crippen molar-refractivity contribution in [3.8, 4) is 5.69 Å². The molecule has 1 aliphatic heterocycles. The third-order valence-electron chi connectivity index (χ3n) is 2.79. The topological polar surface area (TPSA) is 30.4 Å². The van der Waals surface area contributed by atoms with Crippen LogP contribution >= 0.6 is 0 Å². The highest BCUT2D eigenvalue weighted by atomic mass is 16.6. The third kappa shape index (κ3) is 1.45. The van der Waals surface area contributed by atoms with Crippen molar-refractivity contribution in [2.75, 3.05) is 6.61 Å². The van der Waals surface area contributed by atoms with Crippen molar-refractivity contribution in [3.05, 3.63) is 48.3 Å². The molecule has 1 aliphatic rings. The number of epoxide rings is 1. The minimum atomic E-state index is -0.0902. The van der Waals surface area contributed by atoms with E-state index in [0.29, 0.717) is 0 Å². The molecule has 0 amide bonds. The molecule has 3 heteroatoms. The molecular formula is C12H12N2O. The summed E-state index contributed by atoms with van der Waals surface area (Å²) in [7, 11) is 0. The maximum Gasteiger partial charge on any atom is 0.117 e. The van der Waals surface area contributed by atoms with Gasteiger partial charge in [-0.15, -0.1) is 0 Å². The first-order valence-electron chi connectivity index (χ1n) is 5.02. The largest absolute Gasteiger partial charge is 0.365 e. The molecule has 0 spiro atoms. The first-order valence-corrected chi connectivity index (χ1v) is 5.02. The zero-order valence-electron chi connectivity index (χ0n) is 8.55. The van der Waals surface area contributed by atoms with E-state index in [1.165, 1.54) is 0 Å².